The molecule has 1 aromatic carbocycles. The van der Waals surface area contributed by atoms with Gasteiger partial charge in [-0.05, 0) is 49.2 Å². The molecule has 106 valence electrons. The van der Waals surface area contributed by atoms with Gasteiger partial charge in [0.1, 0.15) is 10.6 Å². The Labute approximate surface area is 122 Å². The van der Waals surface area contributed by atoms with E-state index in [0.29, 0.717) is 10.8 Å². The summed E-state index contributed by atoms with van der Waals surface area (Å²) in [6, 6.07) is 6.28. The van der Waals surface area contributed by atoms with Gasteiger partial charge in [-0.3, -0.25) is 0 Å². The van der Waals surface area contributed by atoms with E-state index in [1.165, 1.54) is 18.3 Å². The molecule has 2 rings (SSSR count). The molecule has 1 aromatic heterocycles. The fraction of sp³-hybridized carbons (Fsp3) is 0.154. The number of hydrogen-bond donors (Lipinski definition) is 1. The molecule has 0 bridgehead atoms. The van der Waals surface area contributed by atoms with Crippen LogP contribution in [0.1, 0.15) is 11.1 Å². The van der Waals surface area contributed by atoms with Crippen LogP contribution >= 0.6 is 11.6 Å². The predicted octanol–water partition coefficient (Wildman–Crippen LogP) is 2.79. The topological polar surface area (TPSA) is 82.3 Å². The third kappa shape index (κ3) is 3.09. The fourth-order valence-electron chi connectivity index (χ4n) is 1.82. The number of aryl methyl sites for hydroxylation is 2. The molecule has 0 saturated heterocycles. The minimum atomic E-state index is -3.90. The van der Waals surface area contributed by atoms with Crippen LogP contribution in [-0.4, -0.2) is 13.4 Å². The summed E-state index contributed by atoms with van der Waals surface area (Å²) in [4.78, 5) is 3.77. The van der Waals surface area contributed by atoms with Gasteiger partial charge >= 0.3 is 0 Å². The number of benzene rings is 1. The van der Waals surface area contributed by atoms with E-state index in [4.69, 9.17) is 21.5 Å². The summed E-state index contributed by atoms with van der Waals surface area (Å²) >= 11 is 5.94. The summed E-state index contributed by atoms with van der Waals surface area (Å²) < 4.78 is 28.6. The van der Waals surface area contributed by atoms with Crippen LogP contribution in [-0.2, 0) is 10.0 Å². The fourth-order valence-corrected chi connectivity index (χ4v) is 2.76. The Morgan fingerprint density at radius 3 is 2.40 bits per heavy atom. The first-order valence-corrected chi connectivity index (χ1v) is 7.64. The van der Waals surface area contributed by atoms with Crippen LogP contribution in [0.3, 0.4) is 0 Å². The number of sulfonamides is 1. The van der Waals surface area contributed by atoms with Gasteiger partial charge in [0.05, 0.1) is 0 Å². The summed E-state index contributed by atoms with van der Waals surface area (Å²) in [7, 11) is -3.90. The number of nitrogens with two attached hydrogens (primary N) is 1. The smallest absolute Gasteiger partial charge is 0.243 e. The van der Waals surface area contributed by atoms with Crippen molar-refractivity contribution in [3.63, 3.8) is 0 Å². The zero-order chi connectivity index (χ0) is 14.9. The van der Waals surface area contributed by atoms with E-state index in [9.17, 15) is 8.42 Å². The number of aromatic nitrogens is 1. The lowest BCUT2D eigenvalue weighted by Crippen LogP contribution is -2.14. The first-order chi connectivity index (χ1) is 9.29. The quantitative estimate of drug-likeness (QED) is 0.944. The molecule has 0 amide bonds. The normalized spacial score (nSPS) is 11.4. The van der Waals surface area contributed by atoms with Gasteiger partial charge in [0.25, 0.3) is 0 Å². The third-order valence-corrected chi connectivity index (χ3v) is 3.81. The van der Waals surface area contributed by atoms with E-state index >= 15 is 0 Å². The summed E-state index contributed by atoms with van der Waals surface area (Å²) in [6.07, 6.45) is 1.44. The van der Waals surface area contributed by atoms with Crippen LogP contribution in [0, 0.1) is 13.8 Å². The molecule has 0 aliphatic heterocycles. The van der Waals surface area contributed by atoms with Gasteiger partial charge in [0.15, 0.2) is 0 Å². The Kier molecular flexibility index (Phi) is 3.99. The van der Waals surface area contributed by atoms with Crippen LogP contribution < -0.4 is 9.88 Å². The van der Waals surface area contributed by atoms with Crippen LogP contribution in [0.25, 0.3) is 0 Å². The molecule has 2 N–H and O–H groups in total. The largest absolute Gasteiger partial charge is 0.437 e. The molecular weight excluding hydrogens is 300 g/mol. The highest BCUT2D eigenvalue weighted by Gasteiger charge is 2.18. The van der Waals surface area contributed by atoms with Crippen molar-refractivity contribution in [3.8, 4) is 11.6 Å². The highest BCUT2D eigenvalue weighted by atomic mass is 35.5. The number of halogens is 1. The first kappa shape index (κ1) is 14.8. The number of hydrogen-bond acceptors (Lipinski definition) is 4. The second-order valence-corrected chi connectivity index (χ2v) is 6.29. The lowest BCUT2D eigenvalue weighted by molar-refractivity contribution is 0.441. The molecule has 5 nitrogen and oxygen atoms in total. The monoisotopic (exact) mass is 312 g/mol. The summed E-state index contributed by atoms with van der Waals surface area (Å²) in [5.74, 6) is 0.460. The van der Waals surface area contributed by atoms with Gasteiger partial charge in [-0.15, -0.1) is 0 Å². The van der Waals surface area contributed by atoms with E-state index in [1.807, 2.05) is 13.8 Å². The van der Waals surface area contributed by atoms with E-state index in [2.05, 4.69) is 4.98 Å². The zero-order valence-corrected chi connectivity index (χ0v) is 12.5. The maximum Gasteiger partial charge on any atom is 0.243 e. The van der Waals surface area contributed by atoms with Gasteiger partial charge in [0, 0.05) is 11.2 Å². The standard InChI is InChI=1S/C13H13ClN2O3S/c1-8-6-10(14)7-9(2)12(8)19-13-11(20(15,17)18)4-3-5-16-13/h3-7H,1-2H3,(H2,15,17,18). The molecule has 0 atom stereocenters. The van der Waals surface area contributed by atoms with E-state index in [-0.39, 0.29) is 10.8 Å². The molecule has 0 aliphatic rings. The number of rotatable bonds is 3. The minimum Gasteiger partial charge on any atom is -0.437 e. The molecule has 0 aliphatic carbocycles. The molecule has 0 radical (unpaired) electrons. The SMILES string of the molecule is Cc1cc(Cl)cc(C)c1Oc1ncccc1S(N)(=O)=O. The summed E-state index contributed by atoms with van der Waals surface area (Å²) in [5, 5.41) is 5.73. The van der Waals surface area contributed by atoms with Crippen LogP contribution in [0.4, 0.5) is 0 Å². The summed E-state index contributed by atoms with van der Waals surface area (Å²) in [6.45, 7) is 3.63. The minimum absolute atomic E-state index is 0.0523. The Morgan fingerprint density at radius 1 is 1.25 bits per heavy atom. The molecule has 0 unspecified atom stereocenters. The number of ether oxygens (including phenoxy) is 1. The van der Waals surface area contributed by atoms with Crippen molar-refractivity contribution in [1.29, 1.82) is 0 Å². The van der Waals surface area contributed by atoms with E-state index in [1.54, 1.807) is 12.1 Å². The van der Waals surface area contributed by atoms with Crippen molar-refractivity contribution in [2.75, 3.05) is 0 Å². The number of nitrogens with zero attached hydrogens (tertiary/aromatic N) is 1. The van der Waals surface area contributed by atoms with Gasteiger partial charge < -0.3 is 4.74 Å². The molecule has 0 spiro atoms. The number of primary sulfonamides is 1. The Morgan fingerprint density at radius 2 is 1.85 bits per heavy atom. The van der Waals surface area contributed by atoms with Crippen molar-refractivity contribution >= 4 is 21.6 Å². The Balaban J connectivity index is 2.52. The molecule has 2 aromatic rings. The highest BCUT2D eigenvalue weighted by Crippen LogP contribution is 2.32. The lowest BCUT2D eigenvalue weighted by atomic mass is 10.1. The average Bonchev–Trinajstić information content (AvgIpc) is 2.33. The van der Waals surface area contributed by atoms with Crippen LogP contribution in [0.2, 0.25) is 5.02 Å². The van der Waals surface area contributed by atoms with Crippen molar-refractivity contribution in [2.45, 2.75) is 18.7 Å². The average molecular weight is 313 g/mol. The first-order valence-electron chi connectivity index (χ1n) is 5.71. The molecule has 1 heterocycles. The van der Waals surface area contributed by atoms with E-state index < -0.39 is 10.0 Å². The second-order valence-electron chi connectivity index (χ2n) is 4.32. The van der Waals surface area contributed by atoms with Gasteiger partial charge in [-0.25, -0.2) is 18.5 Å². The van der Waals surface area contributed by atoms with Crippen molar-refractivity contribution < 1.29 is 13.2 Å². The Bertz CT molecular complexity index is 737. The predicted molar refractivity (Wildman–Crippen MR) is 76.6 cm³/mol. The third-order valence-electron chi connectivity index (χ3n) is 2.67. The maximum atomic E-state index is 11.5. The molecule has 7 heteroatoms. The maximum absolute atomic E-state index is 11.5. The molecule has 0 saturated carbocycles. The highest BCUT2D eigenvalue weighted by molar-refractivity contribution is 7.89. The van der Waals surface area contributed by atoms with Crippen LogP contribution in [0.5, 0.6) is 11.6 Å². The van der Waals surface area contributed by atoms with Crippen molar-refractivity contribution in [2.24, 2.45) is 5.14 Å². The van der Waals surface area contributed by atoms with Crippen molar-refractivity contribution in [1.82, 2.24) is 4.98 Å². The van der Waals surface area contributed by atoms with E-state index in [0.717, 1.165) is 11.1 Å². The Hall–Kier alpha value is -1.63. The molecular formula is C13H13ClN2O3S. The lowest BCUT2D eigenvalue weighted by Gasteiger charge is -2.13. The van der Waals surface area contributed by atoms with Crippen molar-refractivity contribution in [3.05, 3.63) is 46.6 Å². The van der Waals surface area contributed by atoms with Gasteiger partial charge in [0.2, 0.25) is 15.9 Å². The van der Waals surface area contributed by atoms with Gasteiger partial charge in [-0.2, -0.15) is 0 Å². The van der Waals surface area contributed by atoms with Crippen LogP contribution in [0.15, 0.2) is 35.4 Å². The zero-order valence-electron chi connectivity index (χ0n) is 10.9. The molecule has 0 fully saturated rings. The summed E-state index contributed by atoms with van der Waals surface area (Å²) in [5.41, 5.74) is 1.56. The van der Waals surface area contributed by atoms with Gasteiger partial charge in [-0.1, -0.05) is 11.6 Å². The second kappa shape index (κ2) is 5.40. The molecule has 20 heavy (non-hydrogen) atoms. The number of pyridine rings is 1.